The second kappa shape index (κ2) is 16.1. The molecule has 0 saturated carbocycles. The van der Waals surface area contributed by atoms with Crippen LogP contribution in [0.25, 0.3) is 0 Å². The molecule has 1 heterocycles. The molecule has 200 valence electrons. The van der Waals surface area contributed by atoms with Crippen LogP contribution in [0.5, 0.6) is 0 Å². The van der Waals surface area contributed by atoms with E-state index in [2.05, 4.69) is 60.5 Å². The van der Waals surface area contributed by atoms with E-state index in [0.29, 0.717) is 6.54 Å². The highest BCUT2D eigenvalue weighted by atomic mass is 16.6. The number of amides is 1. The van der Waals surface area contributed by atoms with E-state index in [1.165, 1.54) is 58.5 Å². The second-order valence-corrected chi connectivity index (χ2v) is 10.1. The van der Waals surface area contributed by atoms with Crippen molar-refractivity contribution in [3.05, 3.63) is 35.2 Å². The Hall–Kier alpha value is -2.77. The van der Waals surface area contributed by atoms with Gasteiger partial charge in [0.25, 0.3) is 5.91 Å². The van der Waals surface area contributed by atoms with Gasteiger partial charge in [-0.3, -0.25) is 4.79 Å². The third-order valence-electron chi connectivity index (χ3n) is 6.39. The van der Waals surface area contributed by atoms with E-state index >= 15 is 0 Å². The zero-order valence-electron chi connectivity index (χ0n) is 23.2. The first-order chi connectivity index (χ1) is 17.4. The predicted molar refractivity (Wildman–Crippen MR) is 146 cm³/mol. The number of nitrogens with one attached hydrogen (secondary N) is 1. The van der Waals surface area contributed by atoms with E-state index in [9.17, 15) is 4.79 Å². The molecule has 36 heavy (non-hydrogen) atoms. The summed E-state index contributed by atoms with van der Waals surface area (Å²) in [6, 6.07) is 6.12. The first-order valence-electron chi connectivity index (χ1n) is 13.7. The number of hydrogen-bond acceptors (Lipinski definition) is 6. The van der Waals surface area contributed by atoms with Gasteiger partial charge in [0, 0.05) is 5.69 Å². The molecule has 0 aliphatic heterocycles. The fraction of sp³-hybridized carbons (Fsp3) is 0.679. The van der Waals surface area contributed by atoms with Crippen molar-refractivity contribution in [3.8, 4) is 0 Å². The lowest BCUT2D eigenvalue weighted by Crippen LogP contribution is -2.27. The molecule has 0 aliphatic rings. The largest absolute Gasteiger partial charge is 0.398 e. The van der Waals surface area contributed by atoms with Gasteiger partial charge in [-0.2, -0.15) is 4.80 Å². The zero-order chi connectivity index (χ0) is 26.3. The lowest BCUT2D eigenvalue weighted by molar-refractivity contribution is -0.110. The number of para-hydroxylation sites is 1. The fourth-order valence-electron chi connectivity index (χ4n) is 4.32. The number of anilines is 1. The molecule has 0 fully saturated rings. The van der Waals surface area contributed by atoms with Crippen LogP contribution in [0.4, 0.5) is 5.69 Å². The van der Waals surface area contributed by atoms with Crippen molar-refractivity contribution in [1.82, 2.24) is 20.2 Å². The van der Waals surface area contributed by atoms with Crippen molar-refractivity contribution in [2.75, 3.05) is 12.4 Å². The Morgan fingerprint density at radius 3 is 2.03 bits per heavy atom. The highest BCUT2D eigenvalue weighted by Crippen LogP contribution is 2.32. The van der Waals surface area contributed by atoms with E-state index in [-0.39, 0.29) is 23.4 Å². The molecule has 2 aromatic rings. The third kappa shape index (κ3) is 9.36. The number of oxime groups is 1. The summed E-state index contributed by atoms with van der Waals surface area (Å²) in [6.07, 6.45) is 12.7. The minimum Gasteiger partial charge on any atom is -0.398 e. The predicted octanol–water partition coefficient (Wildman–Crippen LogP) is 6.83. The average molecular weight is 499 g/mol. The summed E-state index contributed by atoms with van der Waals surface area (Å²) < 4.78 is 0. The van der Waals surface area contributed by atoms with Crippen molar-refractivity contribution in [1.29, 1.82) is 0 Å². The molecular formula is C28H46N6O2. The quantitative estimate of drug-likeness (QED) is 0.146. The van der Waals surface area contributed by atoms with Gasteiger partial charge in [-0.05, 0) is 34.6 Å². The van der Waals surface area contributed by atoms with E-state index in [1.54, 1.807) is 4.80 Å². The van der Waals surface area contributed by atoms with Gasteiger partial charge in [0.05, 0.1) is 6.54 Å². The van der Waals surface area contributed by atoms with Crippen LogP contribution in [-0.2, 0) is 16.2 Å². The standard InChI is InChI=1S/C28H46N6O2/c1-7-8-9-10-11-12-13-14-15-16-20-34-31-27(30-33-34)26(32-36-6)28(35)29-25-23(21(2)3)18-17-19-24(25)22(4)5/h17-19,21-22H,7-16,20H2,1-6H3,(H,29,35)/b32-26+. The van der Waals surface area contributed by atoms with Crippen molar-refractivity contribution in [3.63, 3.8) is 0 Å². The molecule has 0 aliphatic carbocycles. The van der Waals surface area contributed by atoms with Gasteiger partial charge in [0.1, 0.15) is 7.11 Å². The van der Waals surface area contributed by atoms with Gasteiger partial charge < -0.3 is 10.2 Å². The summed E-state index contributed by atoms with van der Waals surface area (Å²) in [5, 5.41) is 19.6. The monoisotopic (exact) mass is 498 g/mol. The van der Waals surface area contributed by atoms with Gasteiger partial charge >= 0.3 is 0 Å². The molecule has 1 amide bonds. The van der Waals surface area contributed by atoms with Crippen LogP contribution in [0.2, 0.25) is 0 Å². The summed E-state index contributed by atoms with van der Waals surface area (Å²) in [5.74, 6) is 0.253. The Bertz CT molecular complexity index is 925. The molecule has 8 heteroatoms. The lowest BCUT2D eigenvalue weighted by atomic mass is 9.92. The molecule has 1 N–H and O–H groups in total. The molecular weight excluding hydrogens is 452 g/mol. The van der Waals surface area contributed by atoms with Crippen LogP contribution in [0, 0.1) is 0 Å². The van der Waals surface area contributed by atoms with Gasteiger partial charge in [-0.25, -0.2) is 0 Å². The number of hydrogen-bond donors (Lipinski definition) is 1. The number of rotatable bonds is 17. The Morgan fingerprint density at radius 1 is 0.944 bits per heavy atom. The Balaban J connectivity index is 1.95. The second-order valence-electron chi connectivity index (χ2n) is 10.1. The highest BCUT2D eigenvalue weighted by molar-refractivity contribution is 6.47. The molecule has 0 spiro atoms. The van der Waals surface area contributed by atoms with Crippen molar-refractivity contribution in [2.45, 2.75) is 117 Å². The van der Waals surface area contributed by atoms with Gasteiger partial charge in [-0.1, -0.05) is 116 Å². The minimum absolute atomic E-state index is 0.0140. The van der Waals surface area contributed by atoms with Gasteiger partial charge in [0.15, 0.2) is 0 Å². The first-order valence-corrected chi connectivity index (χ1v) is 13.7. The molecule has 8 nitrogen and oxygen atoms in total. The molecule has 0 bridgehead atoms. The molecule has 2 rings (SSSR count). The summed E-state index contributed by atoms with van der Waals surface area (Å²) in [6.45, 7) is 11.4. The first kappa shape index (κ1) is 29.5. The average Bonchev–Trinajstić information content (AvgIpc) is 3.31. The normalized spacial score (nSPS) is 11.9. The SMILES string of the molecule is CCCCCCCCCCCCn1nnc(/C(=N\OC)C(=O)Nc2c(C(C)C)cccc2C(C)C)n1. The number of nitrogens with zero attached hydrogens (tertiary/aromatic N) is 5. The van der Waals surface area contributed by atoms with Crippen LogP contribution < -0.4 is 5.32 Å². The van der Waals surface area contributed by atoms with E-state index in [1.807, 2.05) is 18.2 Å². The molecule has 1 aromatic heterocycles. The van der Waals surface area contributed by atoms with Crippen LogP contribution in [-0.4, -0.2) is 38.9 Å². The van der Waals surface area contributed by atoms with Crippen molar-refractivity contribution < 1.29 is 9.63 Å². The number of aromatic nitrogens is 4. The maximum Gasteiger partial charge on any atom is 0.281 e. The van der Waals surface area contributed by atoms with E-state index in [0.717, 1.165) is 29.7 Å². The van der Waals surface area contributed by atoms with E-state index < -0.39 is 5.91 Å². The molecule has 1 aromatic carbocycles. The highest BCUT2D eigenvalue weighted by Gasteiger charge is 2.24. The van der Waals surface area contributed by atoms with Crippen LogP contribution in [0.3, 0.4) is 0 Å². The Morgan fingerprint density at radius 2 is 1.50 bits per heavy atom. The smallest absolute Gasteiger partial charge is 0.281 e. The van der Waals surface area contributed by atoms with Crippen LogP contribution >= 0.6 is 0 Å². The topological polar surface area (TPSA) is 94.3 Å². The molecule has 0 radical (unpaired) electrons. The zero-order valence-corrected chi connectivity index (χ0v) is 23.2. The van der Waals surface area contributed by atoms with Crippen molar-refractivity contribution in [2.24, 2.45) is 5.16 Å². The molecule has 0 atom stereocenters. The molecule has 0 saturated heterocycles. The fourth-order valence-corrected chi connectivity index (χ4v) is 4.32. The van der Waals surface area contributed by atoms with Gasteiger partial charge in [0.2, 0.25) is 11.5 Å². The maximum atomic E-state index is 13.3. The number of benzene rings is 1. The maximum absolute atomic E-state index is 13.3. The lowest BCUT2D eigenvalue weighted by Gasteiger charge is -2.20. The number of tetrazole rings is 1. The van der Waals surface area contributed by atoms with Crippen molar-refractivity contribution >= 4 is 17.3 Å². The van der Waals surface area contributed by atoms with Crippen LogP contribution in [0.1, 0.15) is 128 Å². The number of carbonyl (C=O) groups excluding carboxylic acids is 1. The summed E-state index contributed by atoms with van der Waals surface area (Å²) >= 11 is 0. The summed E-state index contributed by atoms with van der Waals surface area (Å²) in [5.41, 5.74) is 2.97. The summed E-state index contributed by atoms with van der Waals surface area (Å²) in [7, 11) is 1.41. The van der Waals surface area contributed by atoms with Gasteiger partial charge in [-0.15, -0.1) is 10.2 Å². The number of carbonyl (C=O) groups is 1. The minimum atomic E-state index is -0.412. The van der Waals surface area contributed by atoms with E-state index in [4.69, 9.17) is 4.84 Å². The van der Waals surface area contributed by atoms with Crippen LogP contribution in [0.15, 0.2) is 23.4 Å². The molecule has 0 unspecified atom stereocenters. The number of aryl methyl sites for hydroxylation is 1. The summed E-state index contributed by atoms with van der Waals surface area (Å²) in [4.78, 5) is 19.8. The Kier molecular flexibility index (Phi) is 13.1. The third-order valence-corrected chi connectivity index (χ3v) is 6.39. The number of unbranched alkanes of at least 4 members (excludes halogenated alkanes) is 9. The Labute approximate surface area is 217 Å².